The molecule has 0 amide bonds. The summed E-state index contributed by atoms with van der Waals surface area (Å²) in [6.45, 7) is 25.6. The molecule has 0 spiro atoms. The van der Waals surface area contributed by atoms with E-state index in [0.717, 1.165) is 33.4 Å². The first-order chi connectivity index (χ1) is 19.5. The highest BCUT2D eigenvalue weighted by Crippen LogP contribution is 2.34. The van der Waals surface area contributed by atoms with Crippen LogP contribution in [0.25, 0.3) is 16.9 Å². The molecule has 0 saturated carbocycles. The summed E-state index contributed by atoms with van der Waals surface area (Å²) in [5, 5.41) is 2.84. The fraction of sp³-hybridized carbons (Fsp3) is 0.457. The van der Waals surface area contributed by atoms with Gasteiger partial charge >= 0.3 is 0 Å². The van der Waals surface area contributed by atoms with Crippen molar-refractivity contribution in [2.45, 2.75) is 111 Å². The number of fused-ring (bicyclic) bond motifs is 1. The quantitative estimate of drug-likeness (QED) is 0.163. The van der Waals surface area contributed by atoms with Crippen LogP contribution in [0, 0.1) is 76.2 Å². The third-order valence-electron chi connectivity index (χ3n) is 9.02. The van der Waals surface area contributed by atoms with Crippen molar-refractivity contribution in [1.82, 2.24) is 19.6 Å². The topological polar surface area (TPSA) is 97.2 Å². The minimum absolute atomic E-state index is 0. The molecule has 242 valence electrons. The number of rotatable bonds is 4. The van der Waals surface area contributed by atoms with E-state index in [1.807, 2.05) is 20.8 Å². The number of Topliss-reactive ketones (excluding diaryl/α,β-unsaturated/α-hetero) is 2. The Kier molecular flexibility index (Phi) is 15.9. The van der Waals surface area contributed by atoms with Crippen LogP contribution in [0.5, 0.6) is 0 Å². The summed E-state index contributed by atoms with van der Waals surface area (Å²) in [6.07, 6.45) is 1.48. The van der Waals surface area contributed by atoms with E-state index in [4.69, 9.17) is 0 Å². The molecular formula is C35H50I2N4O3. The molecule has 0 fully saturated rings. The average molecular weight is 829 g/mol. The molecule has 0 aliphatic carbocycles. The molecule has 4 aromatic rings. The minimum atomic E-state index is -0.608. The Bertz CT molecular complexity index is 1680. The highest BCUT2D eigenvalue weighted by atomic mass is 128. The summed E-state index contributed by atoms with van der Waals surface area (Å²) in [5.41, 5.74) is 15.0. The van der Waals surface area contributed by atoms with E-state index in [9.17, 15) is 14.4 Å². The zero-order chi connectivity index (χ0) is 32.4. The zero-order valence-electron chi connectivity index (χ0n) is 27.0. The van der Waals surface area contributed by atoms with Gasteiger partial charge in [-0.25, -0.2) is 9.97 Å². The second-order valence-electron chi connectivity index (χ2n) is 11.1. The zero-order valence-corrected chi connectivity index (χ0v) is 31.3. The second kappa shape index (κ2) is 16.8. The molecule has 4 rings (SSSR count). The first kappa shape index (κ1) is 41.6. The fourth-order valence-electron chi connectivity index (χ4n) is 5.78. The Hall–Kier alpha value is -2.41. The lowest BCUT2D eigenvalue weighted by Gasteiger charge is -2.22. The first-order valence-corrected chi connectivity index (χ1v) is 20.0. The van der Waals surface area contributed by atoms with Gasteiger partial charge in [0.15, 0.2) is 0 Å². The van der Waals surface area contributed by atoms with Gasteiger partial charge in [-0.05, 0) is 157 Å². The summed E-state index contributed by atoms with van der Waals surface area (Å²) in [4.78, 5) is 45.0. The number of carbonyl (C=O) groups excluding carboxylic acids is 2. The largest absolute Gasteiger partial charge is 0.299 e. The lowest BCUT2D eigenvalue weighted by atomic mass is 9.80. The van der Waals surface area contributed by atoms with Gasteiger partial charge in [0, 0.05) is 37.2 Å². The predicted molar refractivity (Wildman–Crippen MR) is 203 cm³/mol. The number of carbonyl (C=O) groups is 2. The lowest BCUT2D eigenvalue weighted by molar-refractivity contribution is -0.126. The van der Waals surface area contributed by atoms with Gasteiger partial charge in [0.25, 0.3) is 11.3 Å². The van der Waals surface area contributed by atoms with Crippen LogP contribution in [0.2, 0.25) is 0 Å². The Morgan fingerprint density at radius 3 is 1.41 bits per heavy atom. The number of aromatic amines is 1. The molecule has 1 N–H and O–H groups in total. The van der Waals surface area contributed by atoms with Gasteiger partial charge in [-0.15, -0.1) is 0 Å². The number of halogens is 2. The molecule has 9 heteroatoms. The Morgan fingerprint density at radius 1 is 0.659 bits per heavy atom. The Balaban J connectivity index is 0.000000777. The SMILES string of the molecule is C.C.CC(=O)C(C(C)=O)c1c(C)c(C)c(C)c(C)c1C.Cc1nc2nc[nH]n2c(=O)c1-c1c(C)c(C)c(C)c(C)c1C.II. The summed E-state index contributed by atoms with van der Waals surface area (Å²) in [6, 6.07) is 0. The molecule has 0 unspecified atom stereocenters. The van der Waals surface area contributed by atoms with Crippen LogP contribution in [-0.4, -0.2) is 31.1 Å². The molecule has 0 saturated heterocycles. The number of benzene rings is 2. The van der Waals surface area contributed by atoms with Gasteiger partial charge in [-0.1, -0.05) is 14.9 Å². The molecule has 0 bridgehead atoms. The maximum Gasteiger partial charge on any atom is 0.282 e. The van der Waals surface area contributed by atoms with Crippen molar-refractivity contribution >= 4 is 54.6 Å². The molecule has 0 atom stereocenters. The van der Waals surface area contributed by atoms with Gasteiger partial charge in [0.1, 0.15) is 23.8 Å². The smallest absolute Gasteiger partial charge is 0.282 e. The monoisotopic (exact) mass is 828 g/mol. The van der Waals surface area contributed by atoms with Crippen molar-refractivity contribution in [3.8, 4) is 11.1 Å². The first-order valence-electron chi connectivity index (χ1n) is 13.8. The van der Waals surface area contributed by atoms with Crippen LogP contribution >= 0.6 is 37.2 Å². The van der Waals surface area contributed by atoms with Crippen molar-refractivity contribution in [1.29, 1.82) is 0 Å². The van der Waals surface area contributed by atoms with E-state index < -0.39 is 5.92 Å². The predicted octanol–water partition coefficient (Wildman–Crippen LogP) is 9.47. The van der Waals surface area contributed by atoms with Crippen LogP contribution in [0.15, 0.2) is 11.1 Å². The van der Waals surface area contributed by atoms with E-state index in [0.29, 0.717) is 17.0 Å². The van der Waals surface area contributed by atoms with Crippen molar-refractivity contribution in [3.05, 3.63) is 83.6 Å². The number of nitrogens with one attached hydrogen (secondary N) is 1. The van der Waals surface area contributed by atoms with Crippen molar-refractivity contribution in [3.63, 3.8) is 0 Å². The fourth-order valence-corrected chi connectivity index (χ4v) is 5.78. The minimum Gasteiger partial charge on any atom is -0.299 e. The van der Waals surface area contributed by atoms with E-state index >= 15 is 0 Å². The standard InChI is InChI=1S/C17H20N4O.C16H22O2.2CH4.I2/c1-8-9(2)11(4)14(12(5)10(8)3)15-13(6)20-17-18-7-19-21(17)16(15)22;1-8-9(2)11(4)15(12(5)10(8)3)16(13(6)17)14(7)18;;;1-2/h7H,1-6H3,(H,18,19,20);16H,1-7H3;2*1H4;. The number of ketones is 2. The molecule has 44 heavy (non-hydrogen) atoms. The molecule has 2 aromatic carbocycles. The Labute approximate surface area is 287 Å². The number of hydrogen-bond acceptors (Lipinski definition) is 5. The van der Waals surface area contributed by atoms with E-state index in [-0.39, 0.29) is 32.0 Å². The van der Waals surface area contributed by atoms with Gasteiger partial charge in [0.2, 0.25) is 0 Å². The summed E-state index contributed by atoms with van der Waals surface area (Å²) in [5.74, 6) is -0.349. The molecule has 7 nitrogen and oxygen atoms in total. The van der Waals surface area contributed by atoms with Gasteiger partial charge < -0.3 is 0 Å². The van der Waals surface area contributed by atoms with Crippen LogP contribution in [-0.2, 0) is 9.59 Å². The third-order valence-corrected chi connectivity index (χ3v) is 9.02. The lowest BCUT2D eigenvalue weighted by Crippen LogP contribution is -2.20. The third kappa shape index (κ3) is 7.68. The molecule has 0 aliphatic heterocycles. The highest BCUT2D eigenvalue weighted by molar-refractivity contribution is 15.0. The number of H-pyrrole nitrogens is 1. The van der Waals surface area contributed by atoms with Gasteiger partial charge in [0.05, 0.1) is 11.3 Å². The normalized spacial score (nSPS) is 10.3. The summed E-state index contributed by atoms with van der Waals surface area (Å²) < 4.78 is 1.39. The van der Waals surface area contributed by atoms with Crippen molar-refractivity contribution in [2.75, 3.05) is 0 Å². The maximum atomic E-state index is 12.9. The van der Waals surface area contributed by atoms with Crippen LogP contribution in [0.1, 0.15) is 102 Å². The van der Waals surface area contributed by atoms with E-state index in [1.54, 1.807) is 0 Å². The van der Waals surface area contributed by atoms with Gasteiger partial charge in [-0.2, -0.15) is 4.52 Å². The Morgan fingerprint density at radius 2 is 1.02 bits per heavy atom. The molecule has 2 heterocycles. The highest BCUT2D eigenvalue weighted by Gasteiger charge is 2.27. The average Bonchev–Trinajstić information content (AvgIpc) is 3.42. The molecule has 0 aliphatic rings. The molecular weight excluding hydrogens is 778 g/mol. The van der Waals surface area contributed by atoms with Crippen LogP contribution in [0.3, 0.4) is 0 Å². The van der Waals surface area contributed by atoms with Crippen LogP contribution in [0.4, 0.5) is 0 Å². The van der Waals surface area contributed by atoms with Crippen LogP contribution < -0.4 is 5.56 Å². The summed E-state index contributed by atoms with van der Waals surface area (Å²) in [7, 11) is 0. The number of aryl methyl sites for hydroxylation is 1. The number of aromatic nitrogens is 4. The molecule has 0 radical (unpaired) electrons. The maximum absolute atomic E-state index is 12.9. The number of nitrogens with zero attached hydrogens (tertiary/aromatic N) is 3. The number of hydrogen-bond donors (Lipinski definition) is 1. The van der Waals surface area contributed by atoms with Gasteiger partial charge in [-0.3, -0.25) is 19.5 Å². The van der Waals surface area contributed by atoms with Crippen molar-refractivity contribution in [2.24, 2.45) is 0 Å². The van der Waals surface area contributed by atoms with Crippen molar-refractivity contribution < 1.29 is 9.59 Å². The molecule has 2 aromatic heterocycles. The van der Waals surface area contributed by atoms with E-state index in [1.165, 1.54) is 58.1 Å². The second-order valence-corrected chi connectivity index (χ2v) is 11.1. The summed E-state index contributed by atoms with van der Waals surface area (Å²) >= 11 is 4.24. The van der Waals surface area contributed by atoms with E-state index in [2.05, 4.69) is 108 Å².